The summed E-state index contributed by atoms with van der Waals surface area (Å²) in [7, 11) is 0. The lowest BCUT2D eigenvalue weighted by atomic mass is 10.1. The molecule has 12 aromatic rings. The number of fused-ring (bicyclic) bond motifs is 11. The van der Waals surface area contributed by atoms with Gasteiger partial charge in [0, 0.05) is 60.4 Å². The van der Waals surface area contributed by atoms with E-state index in [0.29, 0.717) is 17.5 Å². The van der Waals surface area contributed by atoms with Crippen LogP contribution < -0.4 is 0 Å². The Morgan fingerprint density at radius 2 is 0.667 bits per heavy atom. The van der Waals surface area contributed by atoms with Crippen molar-refractivity contribution in [2.45, 2.75) is 0 Å². The van der Waals surface area contributed by atoms with Gasteiger partial charge in [0.1, 0.15) is 0 Å². The van der Waals surface area contributed by atoms with Gasteiger partial charge in [-0.3, -0.25) is 0 Å². The zero-order valence-electron chi connectivity index (χ0n) is 30.5. The fraction of sp³-hybridized carbons (Fsp3) is 0. The lowest BCUT2D eigenvalue weighted by Gasteiger charge is -2.11. The fourth-order valence-corrected chi connectivity index (χ4v) is 9.97. The lowest BCUT2D eigenvalue weighted by Crippen LogP contribution is -2.00. The molecule has 0 amide bonds. The van der Waals surface area contributed by atoms with Gasteiger partial charge < -0.3 is 9.13 Å². The van der Waals surface area contributed by atoms with Crippen molar-refractivity contribution >= 4 is 75.1 Å². The van der Waals surface area contributed by atoms with Crippen LogP contribution in [0.15, 0.2) is 188 Å². The monoisotopic (exact) mass is 745 g/mol. The summed E-state index contributed by atoms with van der Waals surface area (Å²) in [5.41, 5.74) is 9.94. The summed E-state index contributed by atoms with van der Waals surface area (Å²) >= 11 is 1.90. The van der Waals surface area contributed by atoms with E-state index < -0.39 is 0 Å². The standard InChI is InChI=1S/C51H31N5S/c1-4-14-32(15-5-1)49-52-50(33-16-6-2-7-17-33)54-51(53-49)34-24-26-36(27-25-34)56-44-23-13-11-21-38(44)40-29-31-42-41-30-28-39-37-20-10-12-22-43(37)55(35-18-8-3-9-19-35)45(39)47(41)57-48(42)46(40)56/h1-31H. The second-order valence-electron chi connectivity index (χ2n) is 14.4. The number of thiophene rings is 1. The largest absolute Gasteiger partial charge is 0.308 e. The molecule has 6 heteroatoms. The Labute approximate surface area is 331 Å². The number of para-hydroxylation sites is 3. The SMILES string of the molecule is c1ccc(-c2nc(-c3ccccc3)nc(-c3ccc(-n4c5ccccc5c5ccc6c7ccc8c9ccccc9n(-c9ccccc9)c8c7sc6c54)cc3)n2)cc1. The van der Waals surface area contributed by atoms with Crippen LogP contribution in [0, 0.1) is 0 Å². The molecular weight excluding hydrogens is 715 g/mol. The molecule has 5 nitrogen and oxygen atoms in total. The molecular formula is C51H31N5S. The van der Waals surface area contributed by atoms with E-state index in [1.807, 2.05) is 72.0 Å². The molecule has 4 heterocycles. The minimum atomic E-state index is 0.640. The highest BCUT2D eigenvalue weighted by molar-refractivity contribution is 7.27. The van der Waals surface area contributed by atoms with Crippen molar-refractivity contribution in [1.82, 2.24) is 24.1 Å². The minimum Gasteiger partial charge on any atom is -0.308 e. The van der Waals surface area contributed by atoms with Gasteiger partial charge in [0.15, 0.2) is 17.5 Å². The molecule has 266 valence electrons. The van der Waals surface area contributed by atoms with Crippen LogP contribution in [0.2, 0.25) is 0 Å². The Bertz CT molecular complexity index is 3430. The van der Waals surface area contributed by atoms with Crippen molar-refractivity contribution in [2.75, 3.05) is 0 Å². The van der Waals surface area contributed by atoms with Crippen LogP contribution in [-0.2, 0) is 0 Å². The van der Waals surface area contributed by atoms with Crippen LogP contribution in [0.25, 0.3) is 109 Å². The van der Waals surface area contributed by atoms with E-state index in [-0.39, 0.29) is 0 Å². The number of nitrogens with zero attached hydrogens (tertiary/aromatic N) is 5. The number of benzene rings is 8. The first-order valence-corrected chi connectivity index (χ1v) is 19.9. The molecule has 0 N–H and O–H groups in total. The number of hydrogen-bond donors (Lipinski definition) is 0. The van der Waals surface area contributed by atoms with E-state index in [2.05, 4.69) is 137 Å². The summed E-state index contributed by atoms with van der Waals surface area (Å²) < 4.78 is 7.45. The van der Waals surface area contributed by atoms with Crippen molar-refractivity contribution < 1.29 is 0 Å². The van der Waals surface area contributed by atoms with E-state index in [4.69, 9.17) is 15.0 Å². The maximum Gasteiger partial charge on any atom is 0.164 e. The molecule has 0 spiro atoms. The van der Waals surface area contributed by atoms with Crippen LogP contribution in [0.5, 0.6) is 0 Å². The van der Waals surface area contributed by atoms with Crippen molar-refractivity contribution in [3.63, 3.8) is 0 Å². The molecule has 0 saturated carbocycles. The van der Waals surface area contributed by atoms with E-state index in [1.54, 1.807) is 0 Å². The van der Waals surface area contributed by atoms with Crippen LogP contribution in [0.1, 0.15) is 0 Å². The number of rotatable bonds is 5. The van der Waals surface area contributed by atoms with Gasteiger partial charge in [0.25, 0.3) is 0 Å². The highest BCUT2D eigenvalue weighted by atomic mass is 32.1. The van der Waals surface area contributed by atoms with Crippen molar-refractivity contribution in [3.05, 3.63) is 188 Å². The summed E-state index contributed by atoms with van der Waals surface area (Å²) in [5.74, 6) is 1.94. The zero-order valence-corrected chi connectivity index (χ0v) is 31.4. The Morgan fingerprint density at radius 3 is 1.14 bits per heavy atom. The molecule has 0 saturated heterocycles. The third-order valence-corrected chi connectivity index (χ3v) is 12.4. The molecule has 12 rings (SSSR count). The predicted octanol–water partition coefficient (Wildman–Crippen LogP) is 13.4. The Hall–Kier alpha value is -7.41. The first-order chi connectivity index (χ1) is 28.3. The lowest BCUT2D eigenvalue weighted by molar-refractivity contribution is 1.07. The molecule has 0 fully saturated rings. The summed E-state index contributed by atoms with van der Waals surface area (Å²) in [4.78, 5) is 14.9. The van der Waals surface area contributed by atoms with Crippen molar-refractivity contribution in [2.24, 2.45) is 0 Å². The van der Waals surface area contributed by atoms with Crippen LogP contribution in [-0.4, -0.2) is 24.1 Å². The van der Waals surface area contributed by atoms with Gasteiger partial charge in [0.2, 0.25) is 0 Å². The number of hydrogen-bond acceptors (Lipinski definition) is 4. The van der Waals surface area contributed by atoms with Gasteiger partial charge in [-0.25, -0.2) is 15.0 Å². The Balaban J connectivity index is 1.08. The third-order valence-electron chi connectivity index (χ3n) is 11.2. The average Bonchev–Trinajstić information content (AvgIpc) is 3.95. The third kappa shape index (κ3) is 4.91. The molecule has 0 aliphatic rings. The van der Waals surface area contributed by atoms with Gasteiger partial charge in [-0.15, -0.1) is 11.3 Å². The van der Waals surface area contributed by atoms with E-state index in [1.165, 1.54) is 63.8 Å². The van der Waals surface area contributed by atoms with Crippen molar-refractivity contribution in [1.29, 1.82) is 0 Å². The topological polar surface area (TPSA) is 48.5 Å². The van der Waals surface area contributed by atoms with E-state index in [9.17, 15) is 0 Å². The van der Waals surface area contributed by atoms with Crippen LogP contribution in [0.4, 0.5) is 0 Å². The zero-order chi connectivity index (χ0) is 37.5. The van der Waals surface area contributed by atoms with Gasteiger partial charge in [0.05, 0.1) is 31.5 Å². The molecule has 0 bridgehead atoms. The molecule has 0 aliphatic carbocycles. The number of aromatic nitrogens is 5. The van der Waals surface area contributed by atoms with E-state index >= 15 is 0 Å². The van der Waals surface area contributed by atoms with Crippen LogP contribution >= 0.6 is 11.3 Å². The quantitative estimate of drug-likeness (QED) is 0.176. The summed E-state index contributed by atoms with van der Waals surface area (Å²) in [6, 6.07) is 66.5. The van der Waals surface area contributed by atoms with Gasteiger partial charge in [-0.1, -0.05) is 140 Å². The Morgan fingerprint density at radius 1 is 0.298 bits per heavy atom. The highest BCUT2D eigenvalue weighted by Gasteiger charge is 2.22. The molecule has 0 aliphatic heterocycles. The Kier molecular flexibility index (Phi) is 7.03. The smallest absolute Gasteiger partial charge is 0.164 e. The molecule has 4 aromatic heterocycles. The van der Waals surface area contributed by atoms with Gasteiger partial charge in [-0.05, 0) is 48.5 Å². The maximum absolute atomic E-state index is 5.00. The van der Waals surface area contributed by atoms with Crippen LogP contribution in [0.3, 0.4) is 0 Å². The molecule has 8 aromatic carbocycles. The minimum absolute atomic E-state index is 0.640. The summed E-state index contributed by atoms with van der Waals surface area (Å²) in [6.07, 6.45) is 0. The fourth-order valence-electron chi connectivity index (χ4n) is 8.60. The predicted molar refractivity (Wildman–Crippen MR) is 238 cm³/mol. The average molecular weight is 746 g/mol. The second-order valence-corrected chi connectivity index (χ2v) is 15.4. The molecule has 57 heavy (non-hydrogen) atoms. The molecule has 0 unspecified atom stereocenters. The van der Waals surface area contributed by atoms with Gasteiger partial charge >= 0.3 is 0 Å². The molecule has 0 radical (unpaired) electrons. The van der Waals surface area contributed by atoms with Crippen molar-refractivity contribution in [3.8, 4) is 45.5 Å². The second kappa shape index (κ2) is 12.6. The normalized spacial score (nSPS) is 11.9. The molecule has 0 atom stereocenters. The first-order valence-electron chi connectivity index (χ1n) is 19.1. The maximum atomic E-state index is 5.00. The summed E-state index contributed by atoms with van der Waals surface area (Å²) in [5, 5.41) is 7.55. The first kappa shape index (κ1) is 31.9. The van der Waals surface area contributed by atoms with Gasteiger partial charge in [-0.2, -0.15) is 0 Å². The highest BCUT2D eigenvalue weighted by Crippen LogP contribution is 2.47. The van der Waals surface area contributed by atoms with E-state index in [0.717, 1.165) is 28.1 Å². The summed E-state index contributed by atoms with van der Waals surface area (Å²) in [6.45, 7) is 0.